The van der Waals surface area contributed by atoms with Gasteiger partial charge in [0.15, 0.2) is 0 Å². The van der Waals surface area contributed by atoms with E-state index in [1.54, 1.807) is 4.90 Å². The third-order valence-corrected chi connectivity index (χ3v) is 3.41. The van der Waals surface area contributed by atoms with Crippen LogP contribution in [0.15, 0.2) is 0 Å². The molecule has 0 aromatic carbocycles. The Balaban J connectivity index is 2.26. The predicted octanol–water partition coefficient (Wildman–Crippen LogP) is -0.117. The van der Waals surface area contributed by atoms with Crippen LogP contribution >= 0.6 is 0 Å². The highest BCUT2D eigenvalue weighted by atomic mass is 16.2. The normalized spacial score (nSPS) is 32.5. The SMILES string of the molecule is CC(C)C(=O)N1CC(C#N)CC12CNC2=O. The van der Waals surface area contributed by atoms with Crippen molar-refractivity contribution >= 4 is 11.8 Å². The Labute approximate surface area is 94.4 Å². The smallest absolute Gasteiger partial charge is 0.247 e. The van der Waals surface area contributed by atoms with Crippen molar-refractivity contribution in [2.75, 3.05) is 13.1 Å². The quantitative estimate of drug-likeness (QED) is 0.627. The van der Waals surface area contributed by atoms with E-state index in [0.29, 0.717) is 19.5 Å². The molecule has 2 aliphatic heterocycles. The Morgan fingerprint density at radius 1 is 1.69 bits per heavy atom. The van der Waals surface area contributed by atoms with Crippen molar-refractivity contribution in [3.63, 3.8) is 0 Å². The lowest BCUT2D eigenvalue weighted by Crippen LogP contribution is -2.71. The monoisotopic (exact) mass is 221 g/mol. The molecule has 2 unspecified atom stereocenters. The standard InChI is InChI=1S/C11H15N3O2/c1-7(2)9(15)14-5-8(4-12)3-11(14)6-13-10(11)16/h7-8H,3,5-6H2,1-2H3,(H,13,16). The molecule has 2 amide bonds. The maximum atomic E-state index is 12.0. The van der Waals surface area contributed by atoms with Crippen LogP contribution < -0.4 is 5.32 Å². The van der Waals surface area contributed by atoms with E-state index in [9.17, 15) is 9.59 Å². The fourth-order valence-electron chi connectivity index (χ4n) is 2.42. The fourth-order valence-corrected chi connectivity index (χ4v) is 2.42. The lowest BCUT2D eigenvalue weighted by Gasteiger charge is -2.44. The summed E-state index contributed by atoms with van der Waals surface area (Å²) in [5.41, 5.74) is -0.720. The van der Waals surface area contributed by atoms with Gasteiger partial charge in [0, 0.05) is 12.5 Å². The summed E-state index contributed by atoms with van der Waals surface area (Å²) in [6.07, 6.45) is 0.480. The van der Waals surface area contributed by atoms with Gasteiger partial charge in [0.2, 0.25) is 11.8 Å². The van der Waals surface area contributed by atoms with Crippen LogP contribution in [0, 0.1) is 23.2 Å². The third kappa shape index (κ3) is 1.29. The second kappa shape index (κ2) is 3.48. The molecule has 5 nitrogen and oxygen atoms in total. The highest BCUT2D eigenvalue weighted by molar-refractivity contribution is 5.97. The summed E-state index contributed by atoms with van der Waals surface area (Å²) in [4.78, 5) is 25.2. The molecule has 5 heteroatoms. The first-order valence-corrected chi connectivity index (χ1v) is 5.50. The molecule has 0 aromatic heterocycles. The maximum Gasteiger partial charge on any atom is 0.247 e. The zero-order valence-corrected chi connectivity index (χ0v) is 9.49. The summed E-state index contributed by atoms with van der Waals surface area (Å²) in [5.74, 6) is -0.497. The van der Waals surface area contributed by atoms with Gasteiger partial charge in [-0.25, -0.2) is 0 Å². The summed E-state index contributed by atoms with van der Waals surface area (Å²) >= 11 is 0. The number of hydrogen-bond donors (Lipinski definition) is 1. The van der Waals surface area contributed by atoms with E-state index < -0.39 is 5.54 Å². The van der Waals surface area contributed by atoms with Gasteiger partial charge in [-0.3, -0.25) is 9.59 Å². The van der Waals surface area contributed by atoms with Crippen LogP contribution in [0.25, 0.3) is 0 Å². The zero-order chi connectivity index (χ0) is 11.9. The number of nitrogens with one attached hydrogen (secondary N) is 1. The summed E-state index contributed by atoms with van der Waals surface area (Å²) < 4.78 is 0. The number of rotatable bonds is 1. The van der Waals surface area contributed by atoms with E-state index in [2.05, 4.69) is 11.4 Å². The Bertz CT molecular complexity index is 385. The third-order valence-electron chi connectivity index (χ3n) is 3.41. The highest BCUT2D eigenvalue weighted by Gasteiger charge is 2.58. The lowest BCUT2D eigenvalue weighted by molar-refractivity contribution is -0.153. The molecule has 2 saturated heterocycles. The first kappa shape index (κ1) is 10.9. The molecule has 86 valence electrons. The number of carbonyl (C=O) groups excluding carboxylic acids is 2. The Morgan fingerprint density at radius 2 is 2.38 bits per heavy atom. The molecular formula is C11H15N3O2. The average molecular weight is 221 g/mol. The Kier molecular flexibility index (Phi) is 2.38. The van der Waals surface area contributed by atoms with Gasteiger partial charge in [0.05, 0.1) is 18.5 Å². The van der Waals surface area contributed by atoms with Gasteiger partial charge in [-0.1, -0.05) is 13.8 Å². The molecule has 0 bridgehead atoms. The summed E-state index contributed by atoms with van der Waals surface area (Å²) in [6.45, 7) is 4.50. The van der Waals surface area contributed by atoms with Gasteiger partial charge in [0.25, 0.3) is 0 Å². The van der Waals surface area contributed by atoms with Crippen molar-refractivity contribution in [2.45, 2.75) is 25.8 Å². The topological polar surface area (TPSA) is 73.2 Å². The van der Waals surface area contributed by atoms with Crippen LogP contribution in [0.3, 0.4) is 0 Å². The maximum absolute atomic E-state index is 12.0. The van der Waals surface area contributed by atoms with Crippen LogP contribution in [-0.2, 0) is 9.59 Å². The van der Waals surface area contributed by atoms with Crippen molar-refractivity contribution in [3.05, 3.63) is 0 Å². The van der Waals surface area contributed by atoms with E-state index in [0.717, 1.165) is 0 Å². The minimum Gasteiger partial charge on any atom is -0.351 e. The summed E-state index contributed by atoms with van der Waals surface area (Å²) in [7, 11) is 0. The Hall–Kier alpha value is -1.57. The van der Waals surface area contributed by atoms with Crippen molar-refractivity contribution in [1.29, 1.82) is 5.26 Å². The molecule has 0 aromatic rings. The molecular weight excluding hydrogens is 206 g/mol. The number of nitriles is 1. The van der Waals surface area contributed by atoms with Crippen molar-refractivity contribution < 1.29 is 9.59 Å². The van der Waals surface area contributed by atoms with Crippen LogP contribution in [0.2, 0.25) is 0 Å². The first-order valence-electron chi connectivity index (χ1n) is 5.50. The molecule has 2 fully saturated rings. The predicted molar refractivity (Wildman–Crippen MR) is 56.0 cm³/mol. The van der Waals surface area contributed by atoms with Gasteiger partial charge >= 0.3 is 0 Å². The van der Waals surface area contributed by atoms with Gasteiger partial charge in [-0.2, -0.15) is 5.26 Å². The van der Waals surface area contributed by atoms with Crippen molar-refractivity contribution in [3.8, 4) is 6.07 Å². The molecule has 2 atom stereocenters. The average Bonchev–Trinajstić information content (AvgIpc) is 2.67. The minimum absolute atomic E-state index is 0.0346. The second-order valence-corrected chi connectivity index (χ2v) is 4.85. The highest BCUT2D eigenvalue weighted by Crippen LogP contribution is 2.37. The van der Waals surface area contributed by atoms with E-state index in [-0.39, 0.29) is 23.7 Å². The zero-order valence-electron chi connectivity index (χ0n) is 9.49. The summed E-state index contributed by atoms with van der Waals surface area (Å²) in [5, 5.41) is 11.6. The number of amides is 2. The molecule has 2 heterocycles. The van der Waals surface area contributed by atoms with E-state index >= 15 is 0 Å². The van der Waals surface area contributed by atoms with Crippen LogP contribution in [0.4, 0.5) is 0 Å². The largest absolute Gasteiger partial charge is 0.351 e. The van der Waals surface area contributed by atoms with Crippen molar-refractivity contribution in [2.24, 2.45) is 11.8 Å². The lowest BCUT2D eigenvalue weighted by atomic mass is 9.85. The molecule has 0 radical (unpaired) electrons. The molecule has 0 aliphatic carbocycles. The molecule has 2 rings (SSSR count). The van der Waals surface area contributed by atoms with Gasteiger partial charge in [0.1, 0.15) is 5.54 Å². The molecule has 16 heavy (non-hydrogen) atoms. The van der Waals surface area contributed by atoms with Crippen LogP contribution in [0.5, 0.6) is 0 Å². The second-order valence-electron chi connectivity index (χ2n) is 4.85. The molecule has 0 saturated carbocycles. The van der Waals surface area contributed by atoms with E-state index in [1.807, 2.05) is 13.8 Å². The summed E-state index contributed by atoms with van der Waals surface area (Å²) in [6, 6.07) is 2.16. The van der Waals surface area contributed by atoms with Crippen LogP contribution in [0.1, 0.15) is 20.3 Å². The van der Waals surface area contributed by atoms with Gasteiger partial charge in [-0.05, 0) is 6.42 Å². The van der Waals surface area contributed by atoms with Gasteiger partial charge < -0.3 is 10.2 Å². The van der Waals surface area contributed by atoms with Gasteiger partial charge in [-0.15, -0.1) is 0 Å². The molecule has 1 N–H and O–H groups in total. The van der Waals surface area contributed by atoms with E-state index in [1.165, 1.54) is 0 Å². The number of β-lactam (4-membered cyclic amide) rings is 1. The number of nitrogens with zero attached hydrogens (tertiary/aromatic N) is 2. The number of hydrogen-bond acceptors (Lipinski definition) is 3. The number of carbonyl (C=O) groups is 2. The fraction of sp³-hybridized carbons (Fsp3) is 0.727. The molecule has 2 aliphatic rings. The molecule has 1 spiro atoms. The van der Waals surface area contributed by atoms with E-state index in [4.69, 9.17) is 5.26 Å². The minimum atomic E-state index is -0.720. The number of likely N-dealkylation sites (tertiary alicyclic amines) is 1. The van der Waals surface area contributed by atoms with Crippen LogP contribution in [-0.4, -0.2) is 35.3 Å². The first-order chi connectivity index (χ1) is 7.51. The Morgan fingerprint density at radius 3 is 2.75 bits per heavy atom. The van der Waals surface area contributed by atoms with Crippen molar-refractivity contribution in [1.82, 2.24) is 10.2 Å².